The number of nitrogens with two attached hydrogens (primary N) is 1. The van der Waals surface area contributed by atoms with Crippen molar-refractivity contribution in [2.24, 2.45) is 5.73 Å². The average molecular weight is 308 g/mol. The third-order valence-corrected chi connectivity index (χ3v) is 4.12. The van der Waals surface area contributed by atoms with Gasteiger partial charge in [-0.15, -0.1) is 0 Å². The molecule has 0 spiro atoms. The summed E-state index contributed by atoms with van der Waals surface area (Å²) in [4.78, 5) is 20.6. The maximum atomic E-state index is 11.5. The largest absolute Gasteiger partial charge is 0.464 e. The molecule has 1 saturated heterocycles. The van der Waals surface area contributed by atoms with E-state index in [0.717, 1.165) is 31.9 Å². The molecule has 0 bridgehead atoms. The van der Waals surface area contributed by atoms with Crippen molar-refractivity contribution in [2.75, 3.05) is 38.2 Å². The van der Waals surface area contributed by atoms with Gasteiger partial charge in [0.25, 0.3) is 0 Å². The first-order valence-corrected chi connectivity index (χ1v) is 7.26. The molecule has 7 heteroatoms. The van der Waals surface area contributed by atoms with Crippen LogP contribution in [0.4, 0.5) is 5.69 Å². The number of carbonyl (C=O) groups excluding carboxylic acids is 1. The molecular formula is C14H20N4O2S. The Balaban J connectivity index is 2.02. The highest BCUT2D eigenvalue weighted by atomic mass is 32.1. The molecule has 0 amide bonds. The van der Waals surface area contributed by atoms with E-state index in [-0.39, 0.29) is 6.04 Å². The van der Waals surface area contributed by atoms with Gasteiger partial charge >= 0.3 is 5.97 Å². The molecule has 1 aliphatic rings. The molecule has 0 aliphatic carbocycles. The first kappa shape index (κ1) is 15.7. The van der Waals surface area contributed by atoms with Gasteiger partial charge in [-0.25, -0.2) is 9.78 Å². The van der Waals surface area contributed by atoms with Gasteiger partial charge in [-0.1, -0.05) is 12.2 Å². The highest BCUT2D eigenvalue weighted by Crippen LogP contribution is 2.18. The number of thiocarbonyl (C=S) groups is 1. The lowest BCUT2D eigenvalue weighted by Gasteiger charge is -2.38. The number of methoxy groups -OCH3 is 1. The summed E-state index contributed by atoms with van der Waals surface area (Å²) in [6.45, 7) is 5.51. The topological polar surface area (TPSA) is 71.7 Å². The number of aromatic nitrogens is 1. The number of pyridine rings is 1. The van der Waals surface area contributed by atoms with Crippen molar-refractivity contribution in [1.29, 1.82) is 0 Å². The highest BCUT2D eigenvalue weighted by Gasteiger charge is 2.23. The second kappa shape index (κ2) is 6.82. The van der Waals surface area contributed by atoms with Gasteiger partial charge in [-0.2, -0.15) is 0 Å². The molecule has 2 rings (SSSR count). The lowest BCUT2D eigenvalue weighted by molar-refractivity contribution is 0.0594. The Bertz CT molecular complexity index is 529. The van der Waals surface area contributed by atoms with E-state index < -0.39 is 5.97 Å². The van der Waals surface area contributed by atoms with Crippen molar-refractivity contribution in [3.05, 3.63) is 24.0 Å². The Kier molecular flexibility index (Phi) is 5.08. The minimum Gasteiger partial charge on any atom is -0.464 e. The zero-order chi connectivity index (χ0) is 15.4. The van der Waals surface area contributed by atoms with Gasteiger partial charge in [0.1, 0.15) is 5.69 Å². The molecular weight excluding hydrogens is 288 g/mol. The number of rotatable bonds is 4. The molecule has 1 unspecified atom stereocenters. The SMILES string of the molecule is COC(=O)c1cc(N2CCN(C(C)C(N)=S)CC2)ccn1. The Hall–Kier alpha value is -1.73. The van der Waals surface area contributed by atoms with E-state index >= 15 is 0 Å². The standard InChI is InChI=1S/C14H20N4O2S/c1-10(13(15)21)17-5-7-18(8-6-17)11-3-4-16-12(9-11)14(19)20-2/h3-4,9-10H,5-8H2,1-2H3,(H2,15,21). The smallest absolute Gasteiger partial charge is 0.356 e. The molecule has 2 N–H and O–H groups in total. The van der Waals surface area contributed by atoms with E-state index in [1.54, 1.807) is 12.3 Å². The van der Waals surface area contributed by atoms with Crippen LogP contribution in [-0.2, 0) is 4.74 Å². The molecule has 0 aromatic carbocycles. The molecule has 6 nitrogen and oxygen atoms in total. The van der Waals surface area contributed by atoms with E-state index in [9.17, 15) is 4.79 Å². The number of hydrogen-bond donors (Lipinski definition) is 1. The third-order valence-electron chi connectivity index (χ3n) is 3.78. The van der Waals surface area contributed by atoms with Crippen LogP contribution in [0.1, 0.15) is 17.4 Å². The Morgan fingerprint density at radius 2 is 2.10 bits per heavy atom. The van der Waals surface area contributed by atoms with Gasteiger partial charge in [0.2, 0.25) is 0 Å². The quantitative estimate of drug-likeness (QED) is 0.647. The normalized spacial score (nSPS) is 17.3. The summed E-state index contributed by atoms with van der Waals surface area (Å²) in [7, 11) is 1.35. The molecule has 1 aliphatic heterocycles. The van der Waals surface area contributed by atoms with Crippen LogP contribution in [0.2, 0.25) is 0 Å². The van der Waals surface area contributed by atoms with Gasteiger partial charge in [-0.3, -0.25) is 4.90 Å². The summed E-state index contributed by atoms with van der Waals surface area (Å²) in [5, 5.41) is 0. The van der Waals surface area contributed by atoms with Crippen molar-refractivity contribution in [3.63, 3.8) is 0 Å². The second-order valence-corrected chi connectivity index (χ2v) is 5.46. The van der Waals surface area contributed by atoms with Gasteiger partial charge in [0.05, 0.1) is 18.1 Å². The fourth-order valence-electron chi connectivity index (χ4n) is 2.38. The maximum absolute atomic E-state index is 11.5. The fourth-order valence-corrected chi connectivity index (χ4v) is 2.53. The number of nitrogens with zero attached hydrogens (tertiary/aromatic N) is 3. The van der Waals surface area contributed by atoms with E-state index in [0.29, 0.717) is 10.7 Å². The molecule has 1 aromatic heterocycles. The Labute approximate surface area is 129 Å². The predicted octanol–water partition coefficient (Wildman–Crippen LogP) is 0.665. The second-order valence-electron chi connectivity index (χ2n) is 4.99. The van der Waals surface area contributed by atoms with Crippen molar-refractivity contribution >= 4 is 28.9 Å². The van der Waals surface area contributed by atoms with Crippen LogP contribution in [0.15, 0.2) is 18.3 Å². The predicted molar refractivity (Wildman–Crippen MR) is 85.6 cm³/mol. The molecule has 21 heavy (non-hydrogen) atoms. The number of carbonyl (C=O) groups is 1. The molecule has 114 valence electrons. The summed E-state index contributed by atoms with van der Waals surface area (Å²) in [6, 6.07) is 3.78. The van der Waals surface area contributed by atoms with Gasteiger partial charge < -0.3 is 15.4 Å². The van der Waals surface area contributed by atoms with Crippen LogP contribution in [0.25, 0.3) is 0 Å². The Morgan fingerprint density at radius 3 is 2.67 bits per heavy atom. The van der Waals surface area contributed by atoms with Gasteiger partial charge in [0.15, 0.2) is 0 Å². The fraction of sp³-hybridized carbons (Fsp3) is 0.500. The number of esters is 1. The maximum Gasteiger partial charge on any atom is 0.356 e. The molecule has 1 aromatic rings. The van der Waals surface area contributed by atoms with Crippen LogP contribution in [-0.4, -0.2) is 60.2 Å². The highest BCUT2D eigenvalue weighted by molar-refractivity contribution is 7.80. The minimum absolute atomic E-state index is 0.116. The van der Waals surface area contributed by atoms with Gasteiger partial charge in [0, 0.05) is 38.1 Å². The van der Waals surface area contributed by atoms with Crippen LogP contribution in [0.3, 0.4) is 0 Å². The van der Waals surface area contributed by atoms with Crippen molar-refractivity contribution < 1.29 is 9.53 Å². The summed E-state index contributed by atoms with van der Waals surface area (Å²) in [6.07, 6.45) is 1.63. The number of hydrogen-bond acceptors (Lipinski definition) is 6. The van der Waals surface area contributed by atoms with Crippen molar-refractivity contribution in [3.8, 4) is 0 Å². The first-order chi connectivity index (χ1) is 10.0. The summed E-state index contributed by atoms with van der Waals surface area (Å²) < 4.78 is 4.70. The minimum atomic E-state index is -0.419. The zero-order valence-electron chi connectivity index (χ0n) is 12.3. The van der Waals surface area contributed by atoms with Crippen LogP contribution in [0.5, 0.6) is 0 Å². The number of ether oxygens (including phenoxy) is 1. The molecule has 1 atom stereocenters. The summed E-state index contributed by atoms with van der Waals surface area (Å²) in [5.74, 6) is -0.419. The van der Waals surface area contributed by atoms with E-state index in [4.69, 9.17) is 22.7 Å². The van der Waals surface area contributed by atoms with E-state index in [2.05, 4.69) is 14.8 Å². The average Bonchev–Trinajstić information content (AvgIpc) is 2.53. The summed E-state index contributed by atoms with van der Waals surface area (Å²) in [5.41, 5.74) is 7.00. The van der Waals surface area contributed by atoms with E-state index in [1.165, 1.54) is 7.11 Å². The zero-order valence-corrected chi connectivity index (χ0v) is 13.1. The molecule has 0 radical (unpaired) electrons. The van der Waals surface area contributed by atoms with Crippen LogP contribution < -0.4 is 10.6 Å². The first-order valence-electron chi connectivity index (χ1n) is 6.85. The molecule has 1 fully saturated rings. The lowest BCUT2D eigenvalue weighted by Crippen LogP contribution is -2.52. The van der Waals surface area contributed by atoms with Crippen molar-refractivity contribution in [2.45, 2.75) is 13.0 Å². The summed E-state index contributed by atoms with van der Waals surface area (Å²) >= 11 is 5.04. The molecule has 2 heterocycles. The molecule has 0 saturated carbocycles. The Morgan fingerprint density at radius 1 is 1.43 bits per heavy atom. The number of anilines is 1. The monoisotopic (exact) mass is 308 g/mol. The van der Waals surface area contributed by atoms with Crippen LogP contribution >= 0.6 is 12.2 Å². The van der Waals surface area contributed by atoms with Crippen molar-refractivity contribution in [1.82, 2.24) is 9.88 Å². The number of piperazine rings is 1. The lowest BCUT2D eigenvalue weighted by atomic mass is 10.2. The van der Waals surface area contributed by atoms with E-state index in [1.807, 2.05) is 13.0 Å². The third kappa shape index (κ3) is 3.68. The van der Waals surface area contributed by atoms with Crippen LogP contribution in [0, 0.1) is 0 Å². The van der Waals surface area contributed by atoms with Gasteiger partial charge in [-0.05, 0) is 19.1 Å².